The smallest absolute Gasteiger partial charge is 0.412 e. The Morgan fingerprint density at radius 2 is 1.96 bits per heavy atom. The van der Waals surface area contributed by atoms with E-state index in [2.05, 4.69) is 22.0 Å². The normalized spacial score (nSPS) is 11.2. The molecule has 0 saturated heterocycles. The molecule has 1 aromatic rings. The van der Waals surface area contributed by atoms with Crippen LogP contribution >= 0.6 is 11.8 Å². The lowest BCUT2D eigenvalue weighted by molar-refractivity contribution is 0.0979. The van der Waals surface area contributed by atoms with Crippen LogP contribution in [0.3, 0.4) is 0 Å². The van der Waals surface area contributed by atoms with Crippen molar-refractivity contribution in [1.82, 2.24) is 5.32 Å². The zero-order valence-electron chi connectivity index (χ0n) is 15.1. The fourth-order valence-corrected chi connectivity index (χ4v) is 2.90. The number of amidine groups is 1. The molecule has 0 aromatic heterocycles. The maximum atomic E-state index is 12.2. The average molecular weight is 365 g/mol. The Balaban J connectivity index is 3.03. The van der Waals surface area contributed by atoms with E-state index in [4.69, 9.17) is 5.73 Å². The summed E-state index contributed by atoms with van der Waals surface area (Å²) >= 11 is 1.42. The van der Waals surface area contributed by atoms with Crippen molar-refractivity contribution in [3.63, 3.8) is 0 Å². The number of anilines is 1. The SMILES string of the molecule is CCCCSC(=Nc1cc(C(=O)CCCC)ccc1N)NC(=O)OC. The second-order valence-corrected chi connectivity index (χ2v) is 6.62. The molecule has 0 unspecified atom stereocenters. The third kappa shape index (κ3) is 7.60. The first kappa shape index (κ1) is 21.0. The minimum absolute atomic E-state index is 0.0689. The molecular weight excluding hydrogens is 338 g/mol. The Morgan fingerprint density at radius 1 is 1.24 bits per heavy atom. The second-order valence-electron chi connectivity index (χ2n) is 5.54. The molecule has 0 fully saturated rings. The number of alkyl carbamates (subject to hydrolysis) is 1. The predicted octanol–water partition coefficient (Wildman–Crippen LogP) is 4.52. The highest BCUT2D eigenvalue weighted by atomic mass is 32.2. The Morgan fingerprint density at radius 3 is 2.60 bits per heavy atom. The molecule has 1 aromatic carbocycles. The van der Waals surface area contributed by atoms with Gasteiger partial charge in [-0.15, -0.1) is 0 Å². The summed E-state index contributed by atoms with van der Waals surface area (Å²) in [7, 11) is 1.30. The molecule has 138 valence electrons. The van der Waals surface area contributed by atoms with E-state index in [0.717, 1.165) is 31.4 Å². The van der Waals surface area contributed by atoms with Crippen LogP contribution in [0.4, 0.5) is 16.2 Å². The van der Waals surface area contributed by atoms with E-state index in [1.807, 2.05) is 6.92 Å². The van der Waals surface area contributed by atoms with E-state index in [1.165, 1.54) is 18.9 Å². The second kappa shape index (κ2) is 11.5. The molecule has 0 bridgehead atoms. The van der Waals surface area contributed by atoms with Gasteiger partial charge in [0.1, 0.15) is 0 Å². The van der Waals surface area contributed by atoms with Gasteiger partial charge in [-0.25, -0.2) is 9.79 Å². The maximum absolute atomic E-state index is 12.2. The van der Waals surface area contributed by atoms with Gasteiger partial charge in [0.2, 0.25) is 0 Å². The lowest BCUT2D eigenvalue weighted by Crippen LogP contribution is -2.28. The van der Waals surface area contributed by atoms with E-state index in [0.29, 0.717) is 28.5 Å². The molecule has 0 aliphatic carbocycles. The number of Topliss-reactive ketones (excluding diaryl/α,β-unsaturated/α-hetero) is 1. The van der Waals surface area contributed by atoms with Crippen molar-refractivity contribution in [2.75, 3.05) is 18.6 Å². The maximum Gasteiger partial charge on any atom is 0.412 e. The third-order valence-electron chi connectivity index (χ3n) is 3.46. The molecule has 0 saturated carbocycles. The number of thioether (sulfide) groups is 1. The number of nitrogen functional groups attached to an aromatic ring is 1. The highest BCUT2D eigenvalue weighted by Gasteiger charge is 2.11. The van der Waals surface area contributed by atoms with Gasteiger partial charge in [-0.3, -0.25) is 10.1 Å². The van der Waals surface area contributed by atoms with E-state index < -0.39 is 6.09 Å². The topological polar surface area (TPSA) is 93.8 Å². The van der Waals surface area contributed by atoms with Crippen molar-refractivity contribution in [3.8, 4) is 0 Å². The molecule has 0 heterocycles. The van der Waals surface area contributed by atoms with Gasteiger partial charge < -0.3 is 10.5 Å². The number of methoxy groups -OCH3 is 1. The summed E-state index contributed by atoms with van der Waals surface area (Å²) in [4.78, 5) is 28.1. The van der Waals surface area contributed by atoms with E-state index >= 15 is 0 Å². The van der Waals surface area contributed by atoms with Crippen molar-refractivity contribution in [1.29, 1.82) is 0 Å². The molecule has 1 amide bonds. The number of rotatable bonds is 8. The molecule has 6 nitrogen and oxygen atoms in total. The lowest BCUT2D eigenvalue weighted by atomic mass is 10.0. The van der Waals surface area contributed by atoms with Gasteiger partial charge in [0.15, 0.2) is 11.0 Å². The van der Waals surface area contributed by atoms with Crippen molar-refractivity contribution in [3.05, 3.63) is 23.8 Å². The number of carbonyl (C=O) groups excluding carboxylic acids is 2. The quantitative estimate of drug-likeness (QED) is 0.232. The zero-order chi connectivity index (χ0) is 18.7. The van der Waals surface area contributed by atoms with Gasteiger partial charge in [-0.2, -0.15) is 0 Å². The van der Waals surface area contributed by atoms with Crippen LogP contribution in [0.2, 0.25) is 0 Å². The molecule has 3 N–H and O–H groups in total. The molecule has 0 aliphatic heterocycles. The number of nitrogens with zero attached hydrogens (tertiary/aromatic N) is 1. The van der Waals surface area contributed by atoms with Gasteiger partial charge >= 0.3 is 6.09 Å². The Bertz CT molecular complexity index is 618. The molecule has 25 heavy (non-hydrogen) atoms. The van der Waals surface area contributed by atoms with Gasteiger partial charge in [0.05, 0.1) is 18.5 Å². The number of hydrogen-bond acceptors (Lipinski definition) is 6. The van der Waals surface area contributed by atoms with Crippen LogP contribution in [0.15, 0.2) is 23.2 Å². The van der Waals surface area contributed by atoms with Crippen LogP contribution in [-0.2, 0) is 4.74 Å². The Labute approximate surface area is 153 Å². The summed E-state index contributed by atoms with van der Waals surface area (Å²) in [6.07, 6.45) is 3.77. The summed E-state index contributed by atoms with van der Waals surface area (Å²) in [6, 6.07) is 5.06. The fraction of sp³-hybridized carbons (Fsp3) is 0.500. The fourth-order valence-electron chi connectivity index (χ4n) is 1.95. The number of nitrogens with two attached hydrogens (primary N) is 1. The largest absolute Gasteiger partial charge is 0.453 e. The molecule has 0 radical (unpaired) electrons. The number of hydrogen-bond donors (Lipinski definition) is 2. The number of benzene rings is 1. The summed E-state index contributed by atoms with van der Waals surface area (Å²) in [6.45, 7) is 4.14. The van der Waals surface area contributed by atoms with Gasteiger partial charge in [-0.1, -0.05) is 38.5 Å². The van der Waals surface area contributed by atoms with Crippen LogP contribution in [-0.4, -0.2) is 29.9 Å². The van der Waals surface area contributed by atoms with Gasteiger partial charge in [0.25, 0.3) is 0 Å². The van der Waals surface area contributed by atoms with Crippen molar-refractivity contribution < 1.29 is 14.3 Å². The number of unbranched alkanes of at least 4 members (excludes halogenated alkanes) is 2. The molecular formula is C18H27N3O3S. The molecule has 1 rings (SSSR count). The molecule has 0 spiro atoms. The molecule has 7 heteroatoms. The van der Waals surface area contributed by atoms with Crippen LogP contribution in [0.25, 0.3) is 0 Å². The minimum Gasteiger partial charge on any atom is -0.453 e. The third-order valence-corrected chi connectivity index (χ3v) is 4.42. The summed E-state index contributed by atoms with van der Waals surface area (Å²) in [5.74, 6) is 0.883. The first-order valence-corrected chi connectivity index (χ1v) is 9.49. The Kier molecular flexibility index (Phi) is 9.69. The van der Waals surface area contributed by atoms with E-state index in [-0.39, 0.29) is 5.78 Å². The number of ether oxygens (including phenoxy) is 1. The van der Waals surface area contributed by atoms with E-state index in [9.17, 15) is 9.59 Å². The lowest BCUT2D eigenvalue weighted by Gasteiger charge is -2.09. The average Bonchev–Trinajstić information content (AvgIpc) is 2.61. The predicted molar refractivity (Wildman–Crippen MR) is 105 cm³/mol. The number of carbonyl (C=O) groups is 2. The van der Waals surface area contributed by atoms with E-state index in [1.54, 1.807) is 18.2 Å². The first-order chi connectivity index (χ1) is 12.0. The number of aliphatic imine (C=N–C) groups is 1. The standard InChI is InChI=1S/C18H27N3O3S/c1-4-6-8-16(22)13-9-10-14(19)15(12-13)20-17(21-18(23)24-3)25-11-7-5-2/h9-10,12H,4-8,11,19H2,1-3H3,(H,20,21,23). The summed E-state index contributed by atoms with van der Waals surface area (Å²) in [5, 5.41) is 3.00. The summed E-state index contributed by atoms with van der Waals surface area (Å²) in [5.41, 5.74) is 7.49. The van der Waals surface area contributed by atoms with Crippen molar-refractivity contribution >= 4 is 40.2 Å². The monoisotopic (exact) mass is 365 g/mol. The number of ketones is 1. The van der Waals surface area contributed by atoms with Gasteiger partial charge in [-0.05, 0) is 31.0 Å². The van der Waals surface area contributed by atoms with Crippen LogP contribution in [0, 0.1) is 0 Å². The zero-order valence-corrected chi connectivity index (χ0v) is 15.9. The van der Waals surface area contributed by atoms with Crippen LogP contribution in [0.1, 0.15) is 56.3 Å². The van der Waals surface area contributed by atoms with Crippen LogP contribution < -0.4 is 11.1 Å². The highest BCUT2D eigenvalue weighted by molar-refractivity contribution is 8.13. The molecule has 0 atom stereocenters. The van der Waals surface area contributed by atoms with Crippen molar-refractivity contribution in [2.45, 2.75) is 46.0 Å². The number of nitrogens with one attached hydrogen (secondary N) is 1. The van der Waals surface area contributed by atoms with Gasteiger partial charge in [0, 0.05) is 17.7 Å². The number of amides is 1. The van der Waals surface area contributed by atoms with Crippen molar-refractivity contribution in [2.24, 2.45) is 4.99 Å². The minimum atomic E-state index is -0.587. The highest BCUT2D eigenvalue weighted by Crippen LogP contribution is 2.26. The Hall–Kier alpha value is -2.02. The molecule has 0 aliphatic rings. The van der Waals surface area contributed by atoms with Crippen LogP contribution in [0.5, 0.6) is 0 Å². The first-order valence-electron chi connectivity index (χ1n) is 8.51. The summed E-state index contributed by atoms with van der Waals surface area (Å²) < 4.78 is 4.63.